The van der Waals surface area contributed by atoms with E-state index in [0.29, 0.717) is 11.7 Å². The molecule has 2 unspecified atom stereocenters. The first-order chi connectivity index (χ1) is 7.75. The lowest BCUT2D eigenvalue weighted by Crippen LogP contribution is -2.24. The summed E-state index contributed by atoms with van der Waals surface area (Å²) in [7, 11) is 0. The number of nitrogens with zero attached hydrogens (tertiary/aromatic N) is 1. The van der Waals surface area contributed by atoms with Crippen LogP contribution in [0.15, 0.2) is 24.4 Å². The third kappa shape index (κ3) is 2.91. The van der Waals surface area contributed by atoms with Gasteiger partial charge in [0.25, 0.3) is 0 Å². The fourth-order valence-electron chi connectivity index (χ4n) is 2.47. The van der Waals surface area contributed by atoms with E-state index in [1.165, 1.54) is 0 Å². The third-order valence-electron chi connectivity index (χ3n) is 3.50. The Hall–Kier alpha value is -1.18. The summed E-state index contributed by atoms with van der Waals surface area (Å²) in [6.45, 7) is 2.25. The van der Waals surface area contributed by atoms with E-state index >= 15 is 0 Å². The average molecular weight is 217 g/mol. The molecule has 0 bridgehead atoms. The molecule has 0 N–H and O–H groups in total. The van der Waals surface area contributed by atoms with Crippen LogP contribution in [0.2, 0.25) is 0 Å². The second-order valence-electron chi connectivity index (χ2n) is 4.90. The van der Waals surface area contributed by atoms with Gasteiger partial charge in [0.1, 0.15) is 5.78 Å². The van der Waals surface area contributed by atoms with Crippen molar-refractivity contribution in [1.82, 2.24) is 4.98 Å². The van der Waals surface area contributed by atoms with Gasteiger partial charge in [0.15, 0.2) is 0 Å². The molecular weight excluding hydrogens is 198 g/mol. The summed E-state index contributed by atoms with van der Waals surface area (Å²) in [5.41, 5.74) is 1.11. The van der Waals surface area contributed by atoms with Gasteiger partial charge in [-0.1, -0.05) is 13.0 Å². The van der Waals surface area contributed by atoms with Crippen molar-refractivity contribution in [3.05, 3.63) is 30.1 Å². The summed E-state index contributed by atoms with van der Waals surface area (Å²) in [5.74, 6) is 1.46. The Kier molecular flexibility index (Phi) is 3.70. The van der Waals surface area contributed by atoms with Crippen LogP contribution in [0.3, 0.4) is 0 Å². The number of carbonyl (C=O) groups excluding carboxylic acids is 1. The van der Waals surface area contributed by atoms with Gasteiger partial charge in [0, 0.05) is 24.2 Å². The molecule has 2 heteroatoms. The maximum Gasteiger partial charge on any atom is 0.136 e. The lowest BCUT2D eigenvalue weighted by atomic mass is 9.79. The van der Waals surface area contributed by atoms with Crippen molar-refractivity contribution in [1.29, 1.82) is 0 Å². The molecule has 1 saturated carbocycles. The number of rotatable bonds is 3. The molecule has 2 atom stereocenters. The molecule has 1 fully saturated rings. The number of aromatic nitrogens is 1. The number of hydrogen-bond donors (Lipinski definition) is 0. The predicted molar refractivity (Wildman–Crippen MR) is 64.1 cm³/mol. The minimum Gasteiger partial charge on any atom is -0.299 e. The highest BCUT2D eigenvalue weighted by Crippen LogP contribution is 2.28. The first-order valence-electron chi connectivity index (χ1n) is 6.18. The summed E-state index contributed by atoms with van der Waals surface area (Å²) < 4.78 is 0. The van der Waals surface area contributed by atoms with Crippen molar-refractivity contribution in [2.45, 2.75) is 39.0 Å². The summed E-state index contributed by atoms with van der Waals surface area (Å²) in [5, 5.41) is 0. The van der Waals surface area contributed by atoms with Crippen molar-refractivity contribution in [2.24, 2.45) is 11.8 Å². The van der Waals surface area contributed by atoms with Gasteiger partial charge in [0.05, 0.1) is 0 Å². The molecule has 1 aromatic rings. The molecule has 2 rings (SSSR count). The summed E-state index contributed by atoms with van der Waals surface area (Å²) >= 11 is 0. The topological polar surface area (TPSA) is 30.0 Å². The van der Waals surface area contributed by atoms with E-state index in [1.54, 1.807) is 0 Å². The van der Waals surface area contributed by atoms with E-state index in [2.05, 4.69) is 11.9 Å². The third-order valence-corrected chi connectivity index (χ3v) is 3.50. The fourth-order valence-corrected chi connectivity index (χ4v) is 2.47. The first kappa shape index (κ1) is 11.3. The number of aryl methyl sites for hydroxylation is 1. The van der Waals surface area contributed by atoms with Gasteiger partial charge in [-0.05, 0) is 43.7 Å². The molecule has 1 aliphatic rings. The molecule has 16 heavy (non-hydrogen) atoms. The molecule has 86 valence electrons. The molecule has 0 saturated heterocycles. The second-order valence-corrected chi connectivity index (χ2v) is 4.90. The minimum absolute atomic E-state index is 0.283. The zero-order valence-corrected chi connectivity index (χ0v) is 9.86. The van der Waals surface area contributed by atoms with E-state index in [9.17, 15) is 4.79 Å². The van der Waals surface area contributed by atoms with Crippen molar-refractivity contribution >= 4 is 5.78 Å². The van der Waals surface area contributed by atoms with Crippen molar-refractivity contribution in [3.8, 4) is 0 Å². The second kappa shape index (κ2) is 5.24. The SMILES string of the molecule is CC1CCC(=O)C(CCc2ccccn2)C1. The zero-order chi connectivity index (χ0) is 11.4. The number of carbonyl (C=O) groups is 1. The van der Waals surface area contributed by atoms with Crippen LogP contribution in [0.4, 0.5) is 0 Å². The van der Waals surface area contributed by atoms with Gasteiger partial charge in [-0.3, -0.25) is 9.78 Å². The van der Waals surface area contributed by atoms with E-state index in [-0.39, 0.29) is 5.92 Å². The van der Waals surface area contributed by atoms with Crippen LogP contribution in [0.1, 0.15) is 38.3 Å². The van der Waals surface area contributed by atoms with Crippen LogP contribution >= 0.6 is 0 Å². The predicted octanol–water partition coefficient (Wildman–Crippen LogP) is 3.02. The molecule has 1 heterocycles. The normalized spacial score (nSPS) is 25.7. The van der Waals surface area contributed by atoms with Crippen LogP contribution < -0.4 is 0 Å². The molecule has 0 amide bonds. The maximum absolute atomic E-state index is 11.7. The highest BCUT2D eigenvalue weighted by molar-refractivity contribution is 5.81. The van der Waals surface area contributed by atoms with Gasteiger partial charge in [0.2, 0.25) is 0 Å². The zero-order valence-electron chi connectivity index (χ0n) is 9.86. The molecule has 0 spiro atoms. The Bertz CT molecular complexity index is 347. The van der Waals surface area contributed by atoms with E-state index < -0.39 is 0 Å². The van der Waals surface area contributed by atoms with Crippen LogP contribution in [0.5, 0.6) is 0 Å². The largest absolute Gasteiger partial charge is 0.299 e. The van der Waals surface area contributed by atoms with Crippen LogP contribution in [-0.4, -0.2) is 10.8 Å². The Balaban J connectivity index is 1.87. The van der Waals surface area contributed by atoms with Crippen molar-refractivity contribution in [3.63, 3.8) is 0 Å². The molecular formula is C14H19NO. The molecule has 1 aromatic heterocycles. The monoisotopic (exact) mass is 217 g/mol. The van der Waals surface area contributed by atoms with Crippen molar-refractivity contribution < 1.29 is 4.79 Å². The van der Waals surface area contributed by atoms with Crippen LogP contribution in [0.25, 0.3) is 0 Å². The molecule has 0 radical (unpaired) electrons. The van der Waals surface area contributed by atoms with Gasteiger partial charge < -0.3 is 0 Å². The maximum atomic E-state index is 11.7. The highest BCUT2D eigenvalue weighted by atomic mass is 16.1. The molecule has 2 nitrogen and oxygen atoms in total. The average Bonchev–Trinajstić information content (AvgIpc) is 2.32. The summed E-state index contributed by atoms with van der Waals surface area (Å²) in [4.78, 5) is 16.0. The van der Waals surface area contributed by atoms with Gasteiger partial charge in [-0.2, -0.15) is 0 Å². The minimum atomic E-state index is 0.283. The smallest absolute Gasteiger partial charge is 0.136 e. The highest BCUT2D eigenvalue weighted by Gasteiger charge is 2.25. The Morgan fingerprint density at radius 1 is 1.44 bits per heavy atom. The van der Waals surface area contributed by atoms with Gasteiger partial charge in [-0.15, -0.1) is 0 Å². The van der Waals surface area contributed by atoms with Gasteiger partial charge in [-0.25, -0.2) is 0 Å². The molecule has 0 aromatic carbocycles. The van der Waals surface area contributed by atoms with Gasteiger partial charge >= 0.3 is 0 Å². The van der Waals surface area contributed by atoms with E-state index in [4.69, 9.17) is 0 Å². The van der Waals surface area contributed by atoms with E-state index in [1.807, 2.05) is 24.4 Å². The quantitative estimate of drug-likeness (QED) is 0.779. The number of hydrogen-bond acceptors (Lipinski definition) is 2. The number of pyridine rings is 1. The standard InChI is InChI=1S/C14H19NO/c1-11-5-8-14(16)12(10-11)6-7-13-4-2-3-9-15-13/h2-4,9,11-12H,5-8,10H2,1H3. The molecule has 1 aliphatic carbocycles. The van der Waals surface area contributed by atoms with Crippen LogP contribution in [0, 0.1) is 11.8 Å². The Morgan fingerprint density at radius 3 is 3.06 bits per heavy atom. The number of Topliss-reactive ketones (excluding diaryl/α,β-unsaturated/α-hetero) is 1. The van der Waals surface area contributed by atoms with Crippen molar-refractivity contribution in [2.75, 3.05) is 0 Å². The summed E-state index contributed by atoms with van der Waals surface area (Å²) in [6, 6.07) is 5.97. The Labute approximate surface area is 97.1 Å². The number of ketones is 1. The molecule has 0 aliphatic heterocycles. The fraction of sp³-hybridized carbons (Fsp3) is 0.571. The van der Waals surface area contributed by atoms with Crippen LogP contribution in [-0.2, 0) is 11.2 Å². The Morgan fingerprint density at radius 2 is 2.31 bits per heavy atom. The lowest BCUT2D eigenvalue weighted by molar-refractivity contribution is -0.125. The summed E-state index contributed by atoms with van der Waals surface area (Å²) in [6.07, 6.45) is 6.67. The first-order valence-corrected chi connectivity index (χ1v) is 6.18. The lowest BCUT2D eigenvalue weighted by Gasteiger charge is -2.25. The van der Waals surface area contributed by atoms with E-state index in [0.717, 1.165) is 37.8 Å².